The van der Waals surface area contributed by atoms with Gasteiger partial charge in [0.2, 0.25) is 0 Å². The van der Waals surface area contributed by atoms with E-state index in [4.69, 9.17) is 4.74 Å². The van der Waals surface area contributed by atoms with Gasteiger partial charge < -0.3 is 15.0 Å². The normalized spacial score (nSPS) is 17.0. The largest absolute Gasteiger partial charge is 0.497 e. The van der Waals surface area contributed by atoms with Crippen molar-refractivity contribution in [1.82, 2.24) is 15.5 Å². The van der Waals surface area contributed by atoms with Crippen LogP contribution in [0.1, 0.15) is 48.7 Å². The fraction of sp³-hybridized carbons (Fsp3) is 0.450. The lowest BCUT2D eigenvalue weighted by Crippen LogP contribution is -2.39. The van der Waals surface area contributed by atoms with E-state index in [1.165, 1.54) is 19.3 Å². The number of carbonyl (C=O) groups excluding carboxylic acids is 1. The van der Waals surface area contributed by atoms with E-state index in [-0.39, 0.29) is 5.91 Å². The molecule has 0 saturated carbocycles. The van der Waals surface area contributed by atoms with Crippen LogP contribution in [0.25, 0.3) is 0 Å². The Morgan fingerprint density at radius 2 is 2.00 bits per heavy atom. The van der Waals surface area contributed by atoms with Gasteiger partial charge in [-0.05, 0) is 55.5 Å². The summed E-state index contributed by atoms with van der Waals surface area (Å²) in [5.41, 5.74) is 1.34. The molecule has 1 amide bonds. The molecule has 1 N–H and O–H groups in total. The van der Waals surface area contributed by atoms with Gasteiger partial charge in [-0.3, -0.25) is 4.79 Å². The number of anilines is 1. The first-order valence-electron chi connectivity index (χ1n) is 9.22. The zero-order valence-corrected chi connectivity index (χ0v) is 15.4. The second-order valence-electron chi connectivity index (χ2n) is 6.56. The van der Waals surface area contributed by atoms with Gasteiger partial charge in [0.1, 0.15) is 5.75 Å². The lowest BCUT2D eigenvalue weighted by molar-refractivity contribution is 0.0945. The Bertz CT molecular complexity index is 716. The van der Waals surface area contributed by atoms with Crippen LogP contribution in [-0.2, 0) is 6.54 Å². The number of amides is 1. The van der Waals surface area contributed by atoms with Gasteiger partial charge in [-0.2, -0.15) is 0 Å². The minimum Gasteiger partial charge on any atom is -0.497 e. The Labute approximate surface area is 154 Å². The smallest absolute Gasteiger partial charge is 0.272 e. The first-order valence-corrected chi connectivity index (χ1v) is 9.22. The molecule has 1 atom stereocenters. The van der Waals surface area contributed by atoms with Crippen LogP contribution < -0.4 is 15.0 Å². The average Bonchev–Trinajstić information content (AvgIpc) is 2.72. The number of benzene rings is 1. The maximum Gasteiger partial charge on any atom is 0.272 e. The summed E-state index contributed by atoms with van der Waals surface area (Å²) >= 11 is 0. The molecular formula is C20H26N4O2. The van der Waals surface area contributed by atoms with Crippen molar-refractivity contribution in [3.63, 3.8) is 0 Å². The third-order valence-corrected chi connectivity index (χ3v) is 4.89. The van der Waals surface area contributed by atoms with E-state index in [0.29, 0.717) is 18.3 Å². The van der Waals surface area contributed by atoms with Gasteiger partial charge in [-0.15, -0.1) is 10.2 Å². The van der Waals surface area contributed by atoms with Crippen molar-refractivity contribution in [1.29, 1.82) is 0 Å². The maximum atomic E-state index is 12.3. The van der Waals surface area contributed by atoms with Gasteiger partial charge in [0, 0.05) is 19.1 Å². The summed E-state index contributed by atoms with van der Waals surface area (Å²) in [7, 11) is 1.63. The predicted octanol–water partition coefficient (Wildman–Crippen LogP) is 3.18. The first kappa shape index (κ1) is 18.2. The molecular weight excluding hydrogens is 328 g/mol. The van der Waals surface area contributed by atoms with E-state index in [0.717, 1.165) is 30.1 Å². The summed E-state index contributed by atoms with van der Waals surface area (Å²) < 4.78 is 5.13. The molecule has 1 unspecified atom stereocenters. The Morgan fingerprint density at radius 3 is 2.65 bits per heavy atom. The van der Waals surface area contributed by atoms with E-state index in [1.54, 1.807) is 13.2 Å². The molecule has 0 radical (unpaired) electrons. The topological polar surface area (TPSA) is 67.4 Å². The number of carbonyl (C=O) groups is 1. The van der Waals surface area contributed by atoms with Gasteiger partial charge in [-0.1, -0.05) is 19.1 Å². The lowest BCUT2D eigenvalue weighted by Gasteiger charge is -2.35. The van der Waals surface area contributed by atoms with Crippen LogP contribution in [0, 0.1) is 0 Å². The van der Waals surface area contributed by atoms with Gasteiger partial charge in [0.25, 0.3) is 5.91 Å². The lowest BCUT2D eigenvalue weighted by atomic mass is 10.0. The first-order chi connectivity index (χ1) is 12.7. The molecule has 0 spiro atoms. The molecule has 26 heavy (non-hydrogen) atoms. The average molecular weight is 354 g/mol. The van der Waals surface area contributed by atoms with E-state index >= 15 is 0 Å². The zero-order chi connectivity index (χ0) is 18.4. The van der Waals surface area contributed by atoms with Gasteiger partial charge in [-0.25, -0.2) is 0 Å². The number of aromatic nitrogens is 2. The summed E-state index contributed by atoms with van der Waals surface area (Å²) in [6, 6.07) is 11.8. The highest BCUT2D eigenvalue weighted by atomic mass is 16.5. The van der Waals surface area contributed by atoms with Crippen LogP contribution in [-0.4, -0.2) is 35.8 Å². The summed E-state index contributed by atoms with van der Waals surface area (Å²) in [6.45, 7) is 3.66. The third-order valence-electron chi connectivity index (χ3n) is 4.89. The molecule has 6 heteroatoms. The van der Waals surface area contributed by atoms with Crippen LogP contribution in [0.2, 0.25) is 0 Å². The molecule has 1 fully saturated rings. The Kier molecular flexibility index (Phi) is 6.04. The molecule has 0 bridgehead atoms. The Balaban J connectivity index is 1.59. The molecule has 6 nitrogen and oxygen atoms in total. The van der Waals surface area contributed by atoms with Crippen molar-refractivity contribution < 1.29 is 9.53 Å². The van der Waals surface area contributed by atoms with Gasteiger partial charge >= 0.3 is 0 Å². The van der Waals surface area contributed by atoms with E-state index in [9.17, 15) is 4.79 Å². The highest BCUT2D eigenvalue weighted by Gasteiger charge is 2.22. The maximum absolute atomic E-state index is 12.3. The van der Waals surface area contributed by atoms with Crippen LogP contribution >= 0.6 is 0 Å². The molecule has 2 heterocycles. The van der Waals surface area contributed by atoms with Crippen LogP contribution in [0.15, 0.2) is 36.4 Å². The number of ether oxygens (including phenoxy) is 1. The number of piperidine rings is 1. The summed E-state index contributed by atoms with van der Waals surface area (Å²) in [6.07, 6.45) is 4.75. The molecule has 1 aliphatic rings. The number of methoxy groups -OCH3 is 1. The Morgan fingerprint density at radius 1 is 1.19 bits per heavy atom. The number of hydrogen-bond acceptors (Lipinski definition) is 5. The second-order valence-corrected chi connectivity index (χ2v) is 6.56. The molecule has 1 saturated heterocycles. The van der Waals surface area contributed by atoms with Crippen molar-refractivity contribution in [2.45, 2.75) is 45.2 Å². The van der Waals surface area contributed by atoms with E-state index < -0.39 is 0 Å². The third kappa shape index (κ3) is 4.31. The number of hydrogen-bond donors (Lipinski definition) is 1. The minimum absolute atomic E-state index is 0.217. The summed E-state index contributed by atoms with van der Waals surface area (Å²) in [5, 5.41) is 11.3. The standard InChI is InChI=1S/C20H26N4O2/c1-3-16-6-4-5-13-24(16)19-12-11-18(22-23-19)20(25)21-14-15-7-9-17(26-2)10-8-15/h7-12,16H,3-6,13-14H2,1-2H3,(H,21,25). The van der Waals surface area contributed by atoms with E-state index in [1.807, 2.05) is 30.3 Å². The van der Waals surface area contributed by atoms with E-state index in [2.05, 4.69) is 27.3 Å². The van der Waals surface area contributed by atoms with Crippen LogP contribution in [0.3, 0.4) is 0 Å². The molecule has 1 aromatic carbocycles. The molecule has 1 aromatic heterocycles. The van der Waals surface area contributed by atoms with Crippen LogP contribution in [0.4, 0.5) is 5.82 Å². The quantitative estimate of drug-likeness (QED) is 0.863. The van der Waals surface area contributed by atoms with Crippen molar-refractivity contribution >= 4 is 11.7 Å². The van der Waals surface area contributed by atoms with Crippen LogP contribution in [0.5, 0.6) is 5.75 Å². The monoisotopic (exact) mass is 354 g/mol. The number of rotatable bonds is 6. The number of nitrogens with one attached hydrogen (secondary N) is 1. The summed E-state index contributed by atoms with van der Waals surface area (Å²) in [5.74, 6) is 1.44. The van der Waals surface area contributed by atoms with Gasteiger partial charge in [0.05, 0.1) is 7.11 Å². The molecule has 3 rings (SSSR count). The highest BCUT2D eigenvalue weighted by Crippen LogP contribution is 2.24. The Hall–Kier alpha value is -2.63. The minimum atomic E-state index is -0.217. The SMILES string of the molecule is CCC1CCCCN1c1ccc(C(=O)NCc2ccc(OC)cc2)nn1. The van der Waals surface area contributed by atoms with Gasteiger partial charge in [0.15, 0.2) is 11.5 Å². The molecule has 0 aliphatic carbocycles. The highest BCUT2D eigenvalue weighted by molar-refractivity contribution is 5.92. The molecule has 138 valence electrons. The van der Waals surface area contributed by atoms with Crippen molar-refractivity contribution in [3.8, 4) is 5.75 Å². The van der Waals surface area contributed by atoms with Crippen molar-refractivity contribution in [2.75, 3.05) is 18.6 Å². The zero-order valence-electron chi connectivity index (χ0n) is 15.4. The molecule has 2 aromatic rings. The molecule has 1 aliphatic heterocycles. The summed E-state index contributed by atoms with van der Waals surface area (Å²) in [4.78, 5) is 14.6. The van der Waals surface area contributed by atoms with Crippen molar-refractivity contribution in [3.05, 3.63) is 47.7 Å². The predicted molar refractivity (Wildman–Crippen MR) is 101 cm³/mol. The fourth-order valence-corrected chi connectivity index (χ4v) is 3.34. The van der Waals surface area contributed by atoms with Crippen molar-refractivity contribution in [2.24, 2.45) is 0 Å². The second kappa shape index (κ2) is 8.65. The number of nitrogens with zero attached hydrogens (tertiary/aromatic N) is 3. The fourth-order valence-electron chi connectivity index (χ4n) is 3.34.